The summed E-state index contributed by atoms with van der Waals surface area (Å²) >= 11 is 3.40. The molecule has 0 bridgehead atoms. The van der Waals surface area contributed by atoms with Gasteiger partial charge >= 0.3 is 0 Å². The first kappa shape index (κ1) is 19.0. The summed E-state index contributed by atoms with van der Waals surface area (Å²) in [6.07, 6.45) is 2.83. The Kier molecular flexibility index (Phi) is 6.07. The normalized spacial score (nSPS) is 18.7. The molecular formula is C19H22BrClN2O. The van der Waals surface area contributed by atoms with Crippen LogP contribution in [-0.2, 0) is 23.2 Å². The van der Waals surface area contributed by atoms with Crippen molar-refractivity contribution in [3.8, 4) is 0 Å². The van der Waals surface area contributed by atoms with Crippen molar-refractivity contribution in [1.29, 1.82) is 0 Å². The van der Waals surface area contributed by atoms with Crippen LogP contribution in [0.3, 0.4) is 0 Å². The zero-order valence-corrected chi connectivity index (χ0v) is 16.0. The molecule has 0 aliphatic heterocycles. The summed E-state index contributed by atoms with van der Waals surface area (Å²) in [5.74, 6) is -0.121. The molecule has 0 aromatic heterocycles. The Hall–Kier alpha value is -1.36. The summed E-state index contributed by atoms with van der Waals surface area (Å²) in [6, 6.07) is 16.2. The number of carbonyl (C=O) groups excluding carboxylic acids is 1. The zero-order valence-electron chi connectivity index (χ0n) is 13.6. The van der Waals surface area contributed by atoms with Gasteiger partial charge in [0.1, 0.15) is 5.54 Å². The molecule has 0 radical (unpaired) electrons. The van der Waals surface area contributed by atoms with Gasteiger partial charge < -0.3 is 11.1 Å². The Labute approximate surface area is 157 Å². The van der Waals surface area contributed by atoms with Crippen molar-refractivity contribution in [3.05, 3.63) is 69.7 Å². The lowest BCUT2D eigenvalue weighted by Gasteiger charge is -2.30. The van der Waals surface area contributed by atoms with E-state index in [1.54, 1.807) is 6.92 Å². The predicted molar refractivity (Wildman–Crippen MR) is 103 cm³/mol. The lowest BCUT2D eigenvalue weighted by Crippen LogP contribution is -2.53. The number of rotatable bonds is 3. The van der Waals surface area contributed by atoms with E-state index in [-0.39, 0.29) is 24.4 Å². The van der Waals surface area contributed by atoms with Crippen molar-refractivity contribution in [3.63, 3.8) is 0 Å². The Bertz CT molecular complexity index is 716. The van der Waals surface area contributed by atoms with Gasteiger partial charge in [0.25, 0.3) is 0 Å². The molecule has 3 N–H and O–H groups in total. The molecule has 1 aliphatic rings. The second kappa shape index (κ2) is 7.68. The molecule has 0 fully saturated rings. The van der Waals surface area contributed by atoms with Gasteiger partial charge in [0, 0.05) is 10.5 Å². The van der Waals surface area contributed by atoms with E-state index in [0.29, 0.717) is 0 Å². The van der Waals surface area contributed by atoms with Crippen LogP contribution >= 0.6 is 28.3 Å². The second-order valence-corrected chi connectivity index (χ2v) is 7.31. The highest BCUT2D eigenvalue weighted by Crippen LogP contribution is 2.24. The zero-order chi connectivity index (χ0) is 16.4. The number of hydrogen-bond donors (Lipinski definition) is 2. The first-order chi connectivity index (χ1) is 11.0. The molecule has 0 heterocycles. The van der Waals surface area contributed by atoms with Crippen molar-refractivity contribution < 1.29 is 4.79 Å². The number of amides is 1. The van der Waals surface area contributed by atoms with E-state index in [4.69, 9.17) is 5.73 Å². The molecular weight excluding hydrogens is 388 g/mol. The second-order valence-electron chi connectivity index (χ2n) is 6.39. The van der Waals surface area contributed by atoms with Crippen molar-refractivity contribution in [2.24, 2.45) is 5.73 Å². The third kappa shape index (κ3) is 4.00. The van der Waals surface area contributed by atoms with Gasteiger partial charge in [-0.2, -0.15) is 0 Å². The van der Waals surface area contributed by atoms with Crippen LogP contribution in [0.15, 0.2) is 53.0 Å². The van der Waals surface area contributed by atoms with E-state index in [1.165, 1.54) is 11.1 Å². The minimum absolute atomic E-state index is 0. The molecule has 128 valence electrons. The molecule has 5 heteroatoms. The molecule has 2 unspecified atom stereocenters. The highest BCUT2D eigenvalue weighted by Gasteiger charge is 2.32. The van der Waals surface area contributed by atoms with Gasteiger partial charge in [-0.3, -0.25) is 4.79 Å². The van der Waals surface area contributed by atoms with Gasteiger partial charge in [-0.05, 0) is 55.0 Å². The Morgan fingerprint density at radius 3 is 2.46 bits per heavy atom. The van der Waals surface area contributed by atoms with E-state index < -0.39 is 5.54 Å². The molecule has 1 amide bonds. The molecule has 2 aromatic rings. The van der Waals surface area contributed by atoms with Gasteiger partial charge in [-0.25, -0.2) is 0 Å². The van der Waals surface area contributed by atoms with Crippen LogP contribution in [0.4, 0.5) is 0 Å². The first-order valence-electron chi connectivity index (χ1n) is 7.89. The average molecular weight is 410 g/mol. The molecule has 3 rings (SSSR count). The number of halogens is 2. The largest absolute Gasteiger partial charge is 0.351 e. The molecule has 1 aliphatic carbocycles. The van der Waals surface area contributed by atoms with Gasteiger partial charge in [0.05, 0.1) is 0 Å². The summed E-state index contributed by atoms with van der Waals surface area (Å²) in [5, 5.41) is 3.14. The predicted octanol–water partition coefficient (Wildman–Crippen LogP) is 3.72. The Morgan fingerprint density at radius 2 is 1.79 bits per heavy atom. The molecule has 24 heavy (non-hydrogen) atoms. The maximum Gasteiger partial charge on any atom is 0.244 e. The lowest BCUT2D eigenvalue weighted by molar-refractivity contribution is -0.126. The average Bonchev–Trinajstić information content (AvgIpc) is 2.55. The standard InChI is InChI=1S/C19H21BrN2O.ClH/c1-19(21,15-7-9-16(20)10-8-15)18(23)22-17-11-6-13-4-2-3-5-14(13)12-17;/h2-5,7-10,17H,6,11-12,21H2,1H3,(H,22,23);1H. The Morgan fingerprint density at radius 1 is 1.17 bits per heavy atom. The van der Waals surface area contributed by atoms with Crippen LogP contribution in [0.1, 0.15) is 30.0 Å². The monoisotopic (exact) mass is 408 g/mol. The summed E-state index contributed by atoms with van der Waals surface area (Å²) in [5.41, 5.74) is 8.82. The van der Waals surface area contributed by atoms with Crippen molar-refractivity contribution in [2.45, 2.75) is 37.8 Å². The fraction of sp³-hybridized carbons (Fsp3) is 0.316. The van der Waals surface area contributed by atoms with Gasteiger partial charge in [-0.15, -0.1) is 12.4 Å². The third-order valence-electron chi connectivity index (χ3n) is 4.60. The highest BCUT2D eigenvalue weighted by atomic mass is 79.9. The van der Waals surface area contributed by atoms with Crippen molar-refractivity contribution in [1.82, 2.24) is 5.32 Å². The van der Waals surface area contributed by atoms with Crippen LogP contribution < -0.4 is 11.1 Å². The van der Waals surface area contributed by atoms with Gasteiger partial charge in [0.2, 0.25) is 5.91 Å². The summed E-state index contributed by atoms with van der Waals surface area (Å²) in [6.45, 7) is 1.77. The van der Waals surface area contributed by atoms with Crippen LogP contribution in [0.5, 0.6) is 0 Å². The number of aryl methyl sites for hydroxylation is 1. The number of benzene rings is 2. The third-order valence-corrected chi connectivity index (χ3v) is 5.13. The summed E-state index contributed by atoms with van der Waals surface area (Å²) in [7, 11) is 0. The van der Waals surface area contributed by atoms with E-state index in [0.717, 1.165) is 29.3 Å². The van der Waals surface area contributed by atoms with Crippen molar-refractivity contribution >= 4 is 34.2 Å². The number of fused-ring (bicyclic) bond motifs is 1. The van der Waals surface area contributed by atoms with E-state index in [2.05, 4.69) is 45.5 Å². The van der Waals surface area contributed by atoms with Crippen molar-refractivity contribution in [2.75, 3.05) is 0 Å². The van der Waals surface area contributed by atoms with Crippen LogP contribution in [-0.4, -0.2) is 11.9 Å². The number of hydrogen-bond acceptors (Lipinski definition) is 2. The number of nitrogens with two attached hydrogens (primary N) is 1. The fourth-order valence-electron chi connectivity index (χ4n) is 3.08. The minimum atomic E-state index is -1.03. The molecule has 3 nitrogen and oxygen atoms in total. The highest BCUT2D eigenvalue weighted by molar-refractivity contribution is 9.10. The van der Waals surface area contributed by atoms with Gasteiger partial charge in [-0.1, -0.05) is 52.3 Å². The minimum Gasteiger partial charge on any atom is -0.351 e. The van der Waals surface area contributed by atoms with Gasteiger partial charge in [0.15, 0.2) is 0 Å². The van der Waals surface area contributed by atoms with E-state index >= 15 is 0 Å². The van der Waals surface area contributed by atoms with Crippen LogP contribution in [0, 0.1) is 0 Å². The van der Waals surface area contributed by atoms with Crippen LogP contribution in [0.25, 0.3) is 0 Å². The molecule has 0 spiro atoms. The molecule has 2 atom stereocenters. The number of nitrogens with one attached hydrogen (secondary N) is 1. The quantitative estimate of drug-likeness (QED) is 0.812. The fourth-order valence-corrected chi connectivity index (χ4v) is 3.35. The molecule has 0 saturated heterocycles. The smallest absolute Gasteiger partial charge is 0.244 e. The molecule has 2 aromatic carbocycles. The Balaban J connectivity index is 0.00000208. The van der Waals surface area contributed by atoms with E-state index in [9.17, 15) is 4.79 Å². The lowest BCUT2D eigenvalue weighted by atomic mass is 9.87. The van der Waals surface area contributed by atoms with Crippen LogP contribution in [0.2, 0.25) is 0 Å². The summed E-state index contributed by atoms with van der Waals surface area (Å²) in [4.78, 5) is 12.7. The maximum atomic E-state index is 12.7. The SMILES string of the molecule is CC(N)(C(=O)NC1CCc2ccccc2C1)c1ccc(Br)cc1.Cl. The maximum absolute atomic E-state index is 12.7. The molecule has 0 saturated carbocycles. The number of carbonyl (C=O) groups is 1. The summed E-state index contributed by atoms with van der Waals surface area (Å²) < 4.78 is 0.973. The first-order valence-corrected chi connectivity index (χ1v) is 8.69. The topological polar surface area (TPSA) is 55.1 Å². The van der Waals surface area contributed by atoms with E-state index in [1.807, 2.05) is 24.3 Å².